The smallest absolute Gasteiger partial charge is 0.184 e. The third-order valence-corrected chi connectivity index (χ3v) is 2.35. The molecule has 0 spiro atoms. The molecular weight excluding hydrogens is 248 g/mol. The molecule has 1 unspecified atom stereocenters. The van der Waals surface area contributed by atoms with Gasteiger partial charge >= 0.3 is 0 Å². The highest BCUT2D eigenvalue weighted by atomic mass is 79.9. The first kappa shape index (κ1) is 11.1. The Morgan fingerprint density at radius 2 is 2.29 bits per heavy atom. The van der Waals surface area contributed by atoms with E-state index >= 15 is 0 Å². The van der Waals surface area contributed by atoms with E-state index in [0.29, 0.717) is 15.8 Å². The number of nitrogens with two attached hydrogens (primary N) is 1. The van der Waals surface area contributed by atoms with Crippen LogP contribution in [0.25, 0.3) is 0 Å². The number of pyridine rings is 1. The molecule has 1 atom stereocenters. The molecule has 0 amide bonds. The van der Waals surface area contributed by atoms with Gasteiger partial charge < -0.3 is 10.5 Å². The Morgan fingerprint density at radius 1 is 1.64 bits per heavy atom. The molecule has 1 heterocycles. The Labute approximate surface area is 90.6 Å². The molecule has 0 radical (unpaired) electrons. The van der Waals surface area contributed by atoms with Crippen LogP contribution in [0.5, 0.6) is 5.75 Å². The lowest BCUT2D eigenvalue weighted by Gasteiger charge is -2.10. The number of hydrogen-bond acceptors (Lipinski definition) is 4. The summed E-state index contributed by atoms with van der Waals surface area (Å²) in [4.78, 5) is 15.6. The van der Waals surface area contributed by atoms with E-state index in [1.807, 2.05) is 0 Å². The van der Waals surface area contributed by atoms with Crippen LogP contribution in [-0.4, -0.2) is 23.9 Å². The maximum Gasteiger partial charge on any atom is 0.184 e. The number of carbonyl (C=O) groups excluding carboxylic acids is 1. The monoisotopic (exact) mass is 258 g/mol. The summed E-state index contributed by atoms with van der Waals surface area (Å²) in [5.41, 5.74) is 5.96. The fourth-order valence-electron chi connectivity index (χ4n) is 1.04. The first-order valence-electron chi connectivity index (χ1n) is 4.05. The van der Waals surface area contributed by atoms with Crippen LogP contribution in [0.4, 0.5) is 0 Å². The van der Waals surface area contributed by atoms with E-state index in [9.17, 15) is 4.79 Å². The zero-order valence-corrected chi connectivity index (χ0v) is 9.54. The van der Waals surface area contributed by atoms with Gasteiger partial charge in [0, 0.05) is 6.20 Å². The molecule has 0 aliphatic heterocycles. The molecule has 76 valence electrons. The van der Waals surface area contributed by atoms with Crippen molar-refractivity contribution in [3.8, 4) is 5.75 Å². The summed E-state index contributed by atoms with van der Waals surface area (Å²) < 4.78 is 5.62. The number of Topliss-reactive ketones (excluding diaryl/α,β-unsaturated/α-hetero) is 1. The van der Waals surface area contributed by atoms with Crippen molar-refractivity contribution in [2.24, 2.45) is 5.73 Å². The van der Waals surface area contributed by atoms with Gasteiger partial charge in [-0.1, -0.05) is 0 Å². The van der Waals surface area contributed by atoms with Crippen LogP contribution in [0.2, 0.25) is 0 Å². The largest absolute Gasteiger partial charge is 0.494 e. The van der Waals surface area contributed by atoms with Gasteiger partial charge in [-0.15, -0.1) is 0 Å². The van der Waals surface area contributed by atoms with E-state index in [1.54, 1.807) is 6.92 Å². The lowest BCUT2D eigenvalue weighted by Crippen LogP contribution is -2.27. The number of nitrogens with zero attached hydrogens (tertiary/aromatic N) is 1. The van der Waals surface area contributed by atoms with E-state index < -0.39 is 6.04 Å². The van der Waals surface area contributed by atoms with Crippen LogP contribution in [0.15, 0.2) is 16.9 Å². The average molecular weight is 259 g/mol. The normalized spacial score (nSPS) is 12.3. The average Bonchev–Trinajstić information content (AvgIpc) is 2.16. The molecule has 0 aromatic carbocycles. The zero-order valence-electron chi connectivity index (χ0n) is 7.95. The van der Waals surface area contributed by atoms with Crippen molar-refractivity contribution in [2.45, 2.75) is 13.0 Å². The summed E-state index contributed by atoms with van der Waals surface area (Å²) in [6.07, 6.45) is 3.03. The third kappa shape index (κ3) is 2.10. The number of ketones is 1. The Hall–Kier alpha value is -0.940. The number of carbonyl (C=O) groups is 1. The molecule has 0 aliphatic carbocycles. The molecule has 0 bridgehead atoms. The second-order valence-corrected chi connectivity index (χ2v) is 3.71. The summed E-state index contributed by atoms with van der Waals surface area (Å²) in [5.74, 6) is 0.262. The molecule has 1 rings (SSSR count). The number of halogens is 1. The van der Waals surface area contributed by atoms with Crippen LogP contribution in [0.1, 0.15) is 17.3 Å². The quantitative estimate of drug-likeness (QED) is 0.833. The molecule has 14 heavy (non-hydrogen) atoms. The fraction of sp³-hybridized carbons (Fsp3) is 0.333. The highest BCUT2D eigenvalue weighted by Crippen LogP contribution is 2.26. The van der Waals surface area contributed by atoms with Gasteiger partial charge in [0.2, 0.25) is 0 Å². The molecule has 2 N–H and O–H groups in total. The van der Waals surface area contributed by atoms with Gasteiger partial charge in [-0.2, -0.15) is 0 Å². The minimum absolute atomic E-state index is 0.170. The number of rotatable bonds is 3. The van der Waals surface area contributed by atoms with Crippen molar-refractivity contribution in [1.82, 2.24) is 4.98 Å². The van der Waals surface area contributed by atoms with Gasteiger partial charge in [0.25, 0.3) is 0 Å². The molecular formula is C9H11BrN2O2. The first-order chi connectivity index (χ1) is 6.57. The van der Waals surface area contributed by atoms with Crippen molar-refractivity contribution in [1.29, 1.82) is 0 Å². The Morgan fingerprint density at radius 3 is 2.79 bits per heavy atom. The van der Waals surface area contributed by atoms with Crippen LogP contribution in [0.3, 0.4) is 0 Å². The summed E-state index contributed by atoms with van der Waals surface area (Å²) in [6.45, 7) is 1.63. The van der Waals surface area contributed by atoms with Crippen LogP contribution >= 0.6 is 15.9 Å². The lowest BCUT2D eigenvalue weighted by molar-refractivity contribution is 0.0964. The molecule has 5 heteroatoms. The van der Waals surface area contributed by atoms with Crippen molar-refractivity contribution < 1.29 is 9.53 Å². The van der Waals surface area contributed by atoms with Crippen molar-refractivity contribution in [3.63, 3.8) is 0 Å². The SMILES string of the molecule is COc1cncc(Br)c1C(=O)C(C)N. The van der Waals surface area contributed by atoms with Gasteiger partial charge in [-0.25, -0.2) is 0 Å². The molecule has 1 aromatic heterocycles. The van der Waals surface area contributed by atoms with Crippen molar-refractivity contribution >= 4 is 21.7 Å². The molecule has 0 fully saturated rings. The summed E-state index contributed by atoms with van der Waals surface area (Å²) >= 11 is 3.24. The van der Waals surface area contributed by atoms with Gasteiger partial charge in [-0.3, -0.25) is 9.78 Å². The molecule has 0 saturated carbocycles. The predicted octanol–water partition coefficient (Wildman–Crippen LogP) is 1.38. The van der Waals surface area contributed by atoms with E-state index in [0.717, 1.165) is 0 Å². The Kier molecular flexibility index (Phi) is 3.60. The fourth-order valence-corrected chi connectivity index (χ4v) is 1.55. The summed E-state index contributed by atoms with van der Waals surface area (Å²) in [5, 5.41) is 0. The van der Waals surface area contributed by atoms with Crippen molar-refractivity contribution in [2.75, 3.05) is 7.11 Å². The van der Waals surface area contributed by atoms with E-state index in [1.165, 1.54) is 19.5 Å². The molecule has 1 aromatic rings. The highest BCUT2D eigenvalue weighted by Gasteiger charge is 2.19. The van der Waals surface area contributed by atoms with Gasteiger partial charge in [-0.05, 0) is 22.9 Å². The molecule has 0 saturated heterocycles. The topological polar surface area (TPSA) is 65.2 Å². The van der Waals surface area contributed by atoms with Crippen LogP contribution in [0, 0.1) is 0 Å². The van der Waals surface area contributed by atoms with Gasteiger partial charge in [0.05, 0.1) is 29.4 Å². The second-order valence-electron chi connectivity index (χ2n) is 2.85. The zero-order chi connectivity index (χ0) is 10.7. The third-order valence-electron chi connectivity index (χ3n) is 1.74. The molecule has 4 nitrogen and oxygen atoms in total. The Balaban J connectivity index is 3.23. The van der Waals surface area contributed by atoms with E-state index in [-0.39, 0.29) is 5.78 Å². The first-order valence-corrected chi connectivity index (χ1v) is 4.84. The number of aromatic nitrogens is 1. The maximum atomic E-state index is 11.7. The standard InChI is InChI=1S/C9H11BrN2O2/c1-5(11)9(13)8-6(10)3-12-4-7(8)14-2/h3-5H,11H2,1-2H3. The van der Waals surface area contributed by atoms with Crippen LogP contribution < -0.4 is 10.5 Å². The number of ether oxygens (including phenoxy) is 1. The second kappa shape index (κ2) is 4.52. The van der Waals surface area contributed by atoms with Crippen LogP contribution in [-0.2, 0) is 0 Å². The summed E-state index contributed by atoms with van der Waals surface area (Å²) in [7, 11) is 1.49. The minimum Gasteiger partial charge on any atom is -0.494 e. The lowest BCUT2D eigenvalue weighted by atomic mass is 10.1. The van der Waals surface area contributed by atoms with E-state index in [4.69, 9.17) is 10.5 Å². The van der Waals surface area contributed by atoms with Gasteiger partial charge in [0.1, 0.15) is 5.75 Å². The van der Waals surface area contributed by atoms with Crippen molar-refractivity contribution in [3.05, 3.63) is 22.4 Å². The molecule has 0 aliphatic rings. The Bertz CT molecular complexity index is 353. The summed E-state index contributed by atoms with van der Waals surface area (Å²) in [6, 6.07) is -0.553. The number of methoxy groups -OCH3 is 1. The predicted molar refractivity (Wildman–Crippen MR) is 56.5 cm³/mol. The minimum atomic E-state index is -0.553. The van der Waals surface area contributed by atoms with E-state index in [2.05, 4.69) is 20.9 Å². The number of hydrogen-bond donors (Lipinski definition) is 1. The highest BCUT2D eigenvalue weighted by molar-refractivity contribution is 9.10. The van der Waals surface area contributed by atoms with Gasteiger partial charge in [0.15, 0.2) is 5.78 Å². The maximum absolute atomic E-state index is 11.7.